The van der Waals surface area contributed by atoms with Gasteiger partial charge in [0.1, 0.15) is 5.75 Å². The minimum atomic E-state index is 0.234. The molecule has 6 nitrogen and oxygen atoms in total. The van der Waals surface area contributed by atoms with E-state index >= 15 is 0 Å². The van der Waals surface area contributed by atoms with Crippen LogP contribution in [0, 0.1) is 13.8 Å². The van der Waals surface area contributed by atoms with Crippen LogP contribution in [0.3, 0.4) is 0 Å². The molecule has 6 heteroatoms. The van der Waals surface area contributed by atoms with Crippen LogP contribution >= 0.6 is 0 Å². The molecule has 1 aliphatic heterocycles. The number of benzene rings is 1. The molecule has 2 aromatic rings. The van der Waals surface area contributed by atoms with E-state index in [0.717, 1.165) is 55.4 Å². The standard InChI is InChI=1S/C20H28N4O2/c1-15-19(16(2)22(3)21-15)8-9-20(25)24-12-10-23(11-13-24)17-6-5-7-18(14-17)26-4/h5-7,14H,8-13H2,1-4H3. The maximum absolute atomic E-state index is 12.6. The Kier molecular flexibility index (Phi) is 5.49. The summed E-state index contributed by atoms with van der Waals surface area (Å²) >= 11 is 0. The van der Waals surface area contributed by atoms with Gasteiger partial charge in [-0.25, -0.2) is 0 Å². The molecule has 1 fully saturated rings. The molecule has 0 bridgehead atoms. The van der Waals surface area contributed by atoms with E-state index in [4.69, 9.17) is 4.74 Å². The highest BCUT2D eigenvalue weighted by molar-refractivity contribution is 5.77. The van der Waals surface area contributed by atoms with Crippen molar-refractivity contribution in [2.45, 2.75) is 26.7 Å². The number of carbonyl (C=O) groups excluding carboxylic acids is 1. The number of ether oxygens (including phenoxy) is 1. The second-order valence-corrected chi connectivity index (χ2v) is 6.84. The van der Waals surface area contributed by atoms with Crippen LogP contribution in [0.15, 0.2) is 24.3 Å². The van der Waals surface area contributed by atoms with Crippen LogP contribution in [0.5, 0.6) is 5.75 Å². The number of rotatable bonds is 5. The van der Waals surface area contributed by atoms with Crippen LogP contribution in [0.25, 0.3) is 0 Å². The molecule has 0 unspecified atom stereocenters. The first-order chi connectivity index (χ1) is 12.5. The van der Waals surface area contributed by atoms with Crippen molar-refractivity contribution < 1.29 is 9.53 Å². The highest BCUT2D eigenvalue weighted by Crippen LogP contribution is 2.22. The highest BCUT2D eigenvalue weighted by Gasteiger charge is 2.22. The van der Waals surface area contributed by atoms with Crippen molar-refractivity contribution in [3.8, 4) is 5.75 Å². The zero-order valence-corrected chi connectivity index (χ0v) is 16.2. The minimum Gasteiger partial charge on any atom is -0.497 e. The van der Waals surface area contributed by atoms with Gasteiger partial charge < -0.3 is 14.5 Å². The van der Waals surface area contributed by atoms with E-state index in [0.29, 0.717) is 6.42 Å². The Bertz CT molecular complexity index is 776. The van der Waals surface area contributed by atoms with Crippen molar-refractivity contribution >= 4 is 11.6 Å². The molecule has 26 heavy (non-hydrogen) atoms. The average Bonchev–Trinajstić information content (AvgIpc) is 2.91. The minimum absolute atomic E-state index is 0.234. The van der Waals surface area contributed by atoms with Crippen molar-refractivity contribution in [2.24, 2.45) is 7.05 Å². The molecule has 0 saturated carbocycles. The first kappa shape index (κ1) is 18.3. The summed E-state index contributed by atoms with van der Waals surface area (Å²) in [5.74, 6) is 1.10. The molecule has 1 amide bonds. The molecule has 1 aromatic carbocycles. The quantitative estimate of drug-likeness (QED) is 0.825. The second kappa shape index (κ2) is 7.81. The molecule has 1 aromatic heterocycles. The monoisotopic (exact) mass is 356 g/mol. The lowest BCUT2D eigenvalue weighted by molar-refractivity contribution is -0.131. The van der Waals surface area contributed by atoms with Crippen molar-refractivity contribution in [1.82, 2.24) is 14.7 Å². The van der Waals surface area contributed by atoms with Crippen molar-refractivity contribution in [3.05, 3.63) is 41.2 Å². The normalized spacial score (nSPS) is 14.6. The van der Waals surface area contributed by atoms with Gasteiger partial charge in [0, 0.05) is 57.1 Å². The lowest BCUT2D eigenvalue weighted by Crippen LogP contribution is -2.48. The number of nitrogens with zero attached hydrogens (tertiary/aromatic N) is 4. The zero-order valence-electron chi connectivity index (χ0n) is 16.2. The maximum atomic E-state index is 12.6. The third kappa shape index (κ3) is 3.84. The van der Waals surface area contributed by atoms with Gasteiger partial charge in [0.25, 0.3) is 0 Å². The number of methoxy groups -OCH3 is 1. The summed E-state index contributed by atoms with van der Waals surface area (Å²) in [5, 5.41) is 4.43. The third-order valence-corrected chi connectivity index (χ3v) is 5.30. The molecule has 0 atom stereocenters. The summed E-state index contributed by atoms with van der Waals surface area (Å²) in [4.78, 5) is 16.9. The number of carbonyl (C=O) groups is 1. The summed E-state index contributed by atoms with van der Waals surface area (Å²) in [5.41, 5.74) is 4.53. The van der Waals surface area contributed by atoms with Gasteiger partial charge in [-0.05, 0) is 38.0 Å². The Morgan fingerprint density at radius 2 is 1.92 bits per heavy atom. The summed E-state index contributed by atoms with van der Waals surface area (Å²) in [6.07, 6.45) is 1.31. The molecule has 2 heterocycles. The smallest absolute Gasteiger partial charge is 0.223 e. The Morgan fingerprint density at radius 1 is 1.19 bits per heavy atom. The number of aromatic nitrogens is 2. The highest BCUT2D eigenvalue weighted by atomic mass is 16.5. The van der Waals surface area contributed by atoms with E-state index in [2.05, 4.69) is 23.0 Å². The Balaban J connectivity index is 1.53. The molecule has 0 radical (unpaired) electrons. The van der Waals surface area contributed by atoms with Crippen molar-refractivity contribution in [1.29, 1.82) is 0 Å². The Hall–Kier alpha value is -2.50. The topological polar surface area (TPSA) is 50.6 Å². The molecular formula is C20H28N4O2. The molecule has 1 saturated heterocycles. The van der Waals surface area contributed by atoms with Gasteiger partial charge in [-0.2, -0.15) is 5.10 Å². The van der Waals surface area contributed by atoms with E-state index < -0.39 is 0 Å². The van der Waals surface area contributed by atoms with Crippen molar-refractivity contribution in [2.75, 3.05) is 38.2 Å². The van der Waals surface area contributed by atoms with Crippen molar-refractivity contribution in [3.63, 3.8) is 0 Å². The number of hydrogen-bond donors (Lipinski definition) is 0. The Labute approximate surface area is 155 Å². The number of anilines is 1. The zero-order chi connectivity index (χ0) is 18.7. The number of piperazine rings is 1. The van der Waals surface area contributed by atoms with Gasteiger partial charge >= 0.3 is 0 Å². The fourth-order valence-electron chi connectivity index (χ4n) is 3.59. The van der Waals surface area contributed by atoms with Gasteiger partial charge in [-0.15, -0.1) is 0 Å². The van der Waals surface area contributed by atoms with E-state index in [9.17, 15) is 4.79 Å². The van der Waals surface area contributed by atoms with Gasteiger partial charge in [-0.1, -0.05) is 6.07 Å². The molecule has 1 aliphatic rings. The maximum Gasteiger partial charge on any atom is 0.223 e. The molecule has 0 N–H and O–H groups in total. The molecule has 140 valence electrons. The van der Waals surface area contributed by atoms with Gasteiger partial charge in [0.15, 0.2) is 0 Å². The van der Waals surface area contributed by atoms with Gasteiger partial charge in [-0.3, -0.25) is 9.48 Å². The Morgan fingerprint density at radius 3 is 2.54 bits per heavy atom. The second-order valence-electron chi connectivity index (χ2n) is 6.84. The van der Waals surface area contributed by atoms with Gasteiger partial charge in [0.05, 0.1) is 12.8 Å². The predicted molar refractivity (Wildman–Crippen MR) is 103 cm³/mol. The van der Waals surface area contributed by atoms with Crippen LogP contribution in [-0.2, 0) is 18.3 Å². The van der Waals surface area contributed by atoms with E-state index in [-0.39, 0.29) is 5.91 Å². The van der Waals surface area contributed by atoms with Crippen LogP contribution in [0.2, 0.25) is 0 Å². The van der Waals surface area contributed by atoms with E-state index in [1.807, 2.05) is 41.8 Å². The molecule has 0 spiro atoms. The van der Waals surface area contributed by atoms with Gasteiger partial charge in [0.2, 0.25) is 5.91 Å². The SMILES string of the molecule is COc1cccc(N2CCN(C(=O)CCc3c(C)nn(C)c3C)CC2)c1. The molecule has 3 rings (SSSR count). The number of hydrogen-bond acceptors (Lipinski definition) is 4. The lowest BCUT2D eigenvalue weighted by Gasteiger charge is -2.36. The molecular weight excluding hydrogens is 328 g/mol. The average molecular weight is 356 g/mol. The van der Waals surface area contributed by atoms with Crippen LogP contribution in [0.4, 0.5) is 5.69 Å². The third-order valence-electron chi connectivity index (χ3n) is 5.30. The van der Waals surface area contributed by atoms with Crippen LogP contribution in [0.1, 0.15) is 23.4 Å². The summed E-state index contributed by atoms with van der Waals surface area (Å²) in [6, 6.07) is 8.09. The van der Waals surface area contributed by atoms with E-state index in [1.165, 1.54) is 5.56 Å². The summed E-state index contributed by atoms with van der Waals surface area (Å²) in [7, 11) is 3.63. The summed E-state index contributed by atoms with van der Waals surface area (Å²) < 4.78 is 7.19. The van der Waals surface area contributed by atoms with Crippen LogP contribution in [-0.4, -0.2) is 53.9 Å². The first-order valence-electron chi connectivity index (χ1n) is 9.15. The molecule has 0 aliphatic carbocycles. The lowest BCUT2D eigenvalue weighted by atomic mass is 10.1. The van der Waals surface area contributed by atoms with E-state index in [1.54, 1.807) is 7.11 Å². The fraction of sp³-hybridized carbons (Fsp3) is 0.500. The first-order valence-corrected chi connectivity index (χ1v) is 9.15. The predicted octanol–water partition coefficient (Wildman–Crippen LogP) is 2.33. The summed E-state index contributed by atoms with van der Waals surface area (Å²) in [6.45, 7) is 7.31. The van der Waals surface area contributed by atoms with Crippen LogP contribution < -0.4 is 9.64 Å². The fourth-order valence-corrected chi connectivity index (χ4v) is 3.59. The number of amides is 1. The largest absolute Gasteiger partial charge is 0.497 e. The number of aryl methyl sites for hydroxylation is 2.